The Hall–Kier alpha value is -2.16. The second-order valence-corrected chi connectivity index (χ2v) is 9.00. The van der Waals surface area contributed by atoms with Crippen molar-refractivity contribution in [2.24, 2.45) is 0 Å². The summed E-state index contributed by atoms with van der Waals surface area (Å²) in [5.74, 6) is 5.77. The monoisotopic (exact) mass is 438 g/mol. The van der Waals surface area contributed by atoms with E-state index in [-0.39, 0.29) is 24.1 Å². The van der Waals surface area contributed by atoms with E-state index < -0.39 is 28.0 Å². The maximum atomic E-state index is 13.1. The standard InChI is InChI=1S/C20H30N4O5S/c1-5-23(4)15(2)7-6-14-29-17-8-10-18(11-9-17)30(27,28)24-13-12-21-16(3)19(24)20(25)22-26/h8-11,15-16,19,21,26H,5,12-14H2,1-4H3,(H,22,25). The minimum atomic E-state index is -3.93. The van der Waals surface area contributed by atoms with Crippen molar-refractivity contribution in [3.05, 3.63) is 24.3 Å². The molecule has 1 saturated heterocycles. The molecule has 3 unspecified atom stereocenters. The zero-order valence-corrected chi connectivity index (χ0v) is 18.6. The molecule has 1 aromatic carbocycles. The molecule has 3 atom stereocenters. The lowest BCUT2D eigenvalue weighted by Crippen LogP contribution is -2.63. The van der Waals surface area contributed by atoms with Crippen LogP contribution in [-0.4, -0.2) is 80.2 Å². The first-order valence-electron chi connectivity index (χ1n) is 9.83. The SMILES string of the molecule is CCN(C)C(C)C#CCOc1ccc(S(=O)(=O)N2CCNC(C)C2C(=O)NO)cc1. The third-order valence-electron chi connectivity index (χ3n) is 5.17. The first-order valence-corrected chi connectivity index (χ1v) is 11.3. The fraction of sp³-hybridized carbons (Fsp3) is 0.550. The van der Waals surface area contributed by atoms with Crippen LogP contribution in [0.25, 0.3) is 0 Å². The van der Waals surface area contributed by atoms with Crippen molar-refractivity contribution in [1.29, 1.82) is 0 Å². The van der Waals surface area contributed by atoms with Crippen LogP contribution in [-0.2, 0) is 14.8 Å². The molecular weight excluding hydrogens is 408 g/mol. The number of hydroxylamine groups is 1. The van der Waals surface area contributed by atoms with Gasteiger partial charge in [-0.1, -0.05) is 18.8 Å². The minimum absolute atomic E-state index is 0.0453. The van der Waals surface area contributed by atoms with Crippen molar-refractivity contribution in [3.63, 3.8) is 0 Å². The van der Waals surface area contributed by atoms with E-state index >= 15 is 0 Å². The van der Waals surface area contributed by atoms with E-state index in [9.17, 15) is 13.2 Å². The molecule has 1 aromatic rings. The average Bonchev–Trinajstić information content (AvgIpc) is 2.75. The molecule has 0 spiro atoms. The lowest BCUT2D eigenvalue weighted by atomic mass is 10.1. The van der Waals surface area contributed by atoms with Crippen molar-refractivity contribution < 1.29 is 23.2 Å². The number of amides is 1. The summed E-state index contributed by atoms with van der Waals surface area (Å²) in [6.07, 6.45) is 0. The number of rotatable bonds is 7. The van der Waals surface area contributed by atoms with Crippen LogP contribution >= 0.6 is 0 Å². The zero-order chi connectivity index (χ0) is 22.3. The molecule has 1 fully saturated rings. The molecule has 1 amide bonds. The van der Waals surface area contributed by atoms with Gasteiger partial charge in [-0.15, -0.1) is 0 Å². The average molecular weight is 439 g/mol. The number of benzene rings is 1. The van der Waals surface area contributed by atoms with Gasteiger partial charge in [0.25, 0.3) is 5.91 Å². The van der Waals surface area contributed by atoms with E-state index in [4.69, 9.17) is 9.94 Å². The van der Waals surface area contributed by atoms with Crippen molar-refractivity contribution in [2.45, 2.75) is 43.8 Å². The highest BCUT2D eigenvalue weighted by molar-refractivity contribution is 7.89. The Bertz CT molecular complexity index is 879. The number of nitrogens with one attached hydrogen (secondary N) is 2. The van der Waals surface area contributed by atoms with E-state index in [2.05, 4.69) is 29.0 Å². The van der Waals surface area contributed by atoms with Gasteiger partial charge in [-0.25, -0.2) is 13.9 Å². The molecule has 1 aliphatic heterocycles. The Balaban J connectivity index is 2.09. The number of ether oxygens (including phenoxy) is 1. The lowest BCUT2D eigenvalue weighted by Gasteiger charge is -2.37. The number of carbonyl (C=O) groups is 1. The highest BCUT2D eigenvalue weighted by Gasteiger charge is 2.41. The highest BCUT2D eigenvalue weighted by atomic mass is 32.2. The van der Waals surface area contributed by atoms with Crippen LogP contribution in [0.1, 0.15) is 20.8 Å². The van der Waals surface area contributed by atoms with Crippen LogP contribution in [0.5, 0.6) is 5.75 Å². The lowest BCUT2D eigenvalue weighted by molar-refractivity contribution is -0.134. The van der Waals surface area contributed by atoms with Crippen LogP contribution in [0.4, 0.5) is 0 Å². The van der Waals surface area contributed by atoms with Gasteiger partial charge >= 0.3 is 0 Å². The van der Waals surface area contributed by atoms with Crippen molar-refractivity contribution >= 4 is 15.9 Å². The third-order valence-corrected chi connectivity index (χ3v) is 7.07. The molecule has 0 saturated carbocycles. The normalized spacial score (nSPS) is 20.9. The fourth-order valence-electron chi connectivity index (χ4n) is 3.13. The molecule has 0 aliphatic carbocycles. The van der Waals surface area contributed by atoms with Crippen molar-refractivity contribution in [3.8, 4) is 17.6 Å². The first-order chi connectivity index (χ1) is 14.2. The van der Waals surface area contributed by atoms with Gasteiger partial charge in [0, 0.05) is 19.1 Å². The number of hydrogen-bond donors (Lipinski definition) is 3. The van der Waals surface area contributed by atoms with Gasteiger partial charge in [0.05, 0.1) is 10.9 Å². The molecule has 1 heterocycles. The highest BCUT2D eigenvalue weighted by Crippen LogP contribution is 2.24. The summed E-state index contributed by atoms with van der Waals surface area (Å²) in [5.41, 5.74) is 1.55. The van der Waals surface area contributed by atoms with E-state index in [1.165, 1.54) is 12.1 Å². The molecule has 0 aromatic heterocycles. The molecule has 9 nitrogen and oxygen atoms in total. The van der Waals surface area contributed by atoms with Crippen LogP contribution in [0.3, 0.4) is 0 Å². The smallest absolute Gasteiger partial charge is 0.263 e. The second kappa shape index (κ2) is 10.7. The molecule has 2 rings (SSSR count). The molecular formula is C20H30N4O5S. The van der Waals surface area contributed by atoms with Gasteiger partial charge in [0.2, 0.25) is 10.0 Å². The van der Waals surface area contributed by atoms with Gasteiger partial charge in [-0.05, 0) is 51.7 Å². The molecule has 30 heavy (non-hydrogen) atoms. The number of sulfonamides is 1. The predicted octanol–water partition coefficient (Wildman–Crippen LogP) is 0.265. The molecule has 3 N–H and O–H groups in total. The van der Waals surface area contributed by atoms with E-state index in [0.29, 0.717) is 12.3 Å². The summed E-state index contributed by atoms with van der Waals surface area (Å²) in [7, 11) is -1.94. The van der Waals surface area contributed by atoms with Crippen LogP contribution < -0.4 is 15.5 Å². The van der Waals surface area contributed by atoms with Gasteiger partial charge in [0.1, 0.15) is 18.4 Å². The Kier molecular flexibility index (Phi) is 8.64. The Morgan fingerprint density at radius 1 is 1.43 bits per heavy atom. The summed E-state index contributed by atoms with van der Waals surface area (Å²) in [6, 6.07) is 4.61. The fourth-order valence-corrected chi connectivity index (χ4v) is 4.79. The molecule has 0 radical (unpaired) electrons. The largest absolute Gasteiger partial charge is 0.481 e. The topological polar surface area (TPSA) is 111 Å². The first kappa shape index (κ1) is 24.1. The summed E-state index contributed by atoms with van der Waals surface area (Å²) in [4.78, 5) is 14.2. The number of hydrogen-bond acceptors (Lipinski definition) is 7. The quantitative estimate of drug-likeness (QED) is 0.318. The predicted molar refractivity (Wildman–Crippen MR) is 113 cm³/mol. The Labute approximate surface area is 178 Å². The number of nitrogens with zero attached hydrogens (tertiary/aromatic N) is 2. The van der Waals surface area contributed by atoms with Crippen LogP contribution in [0.2, 0.25) is 0 Å². The third kappa shape index (κ3) is 5.71. The Morgan fingerprint density at radius 2 is 2.10 bits per heavy atom. The summed E-state index contributed by atoms with van der Waals surface area (Å²) < 4.78 is 32.8. The summed E-state index contributed by atoms with van der Waals surface area (Å²) >= 11 is 0. The number of piperazine rings is 1. The summed E-state index contributed by atoms with van der Waals surface area (Å²) in [6.45, 7) is 7.38. The molecule has 1 aliphatic rings. The van der Waals surface area contributed by atoms with Crippen LogP contribution in [0, 0.1) is 11.8 Å². The summed E-state index contributed by atoms with van der Waals surface area (Å²) in [5, 5.41) is 12.0. The maximum absolute atomic E-state index is 13.1. The zero-order valence-electron chi connectivity index (χ0n) is 17.8. The van der Waals surface area contributed by atoms with Gasteiger partial charge in [0.15, 0.2) is 0 Å². The van der Waals surface area contributed by atoms with E-state index in [0.717, 1.165) is 10.8 Å². The van der Waals surface area contributed by atoms with Gasteiger partial charge in [-0.3, -0.25) is 14.9 Å². The van der Waals surface area contributed by atoms with Gasteiger partial charge in [-0.2, -0.15) is 4.31 Å². The van der Waals surface area contributed by atoms with Crippen molar-refractivity contribution in [1.82, 2.24) is 20.0 Å². The second-order valence-electron chi connectivity index (χ2n) is 7.11. The molecule has 0 bridgehead atoms. The minimum Gasteiger partial charge on any atom is -0.481 e. The van der Waals surface area contributed by atoms with Crippen LogP contribution in [0.15, 0.2) is 29.2 Å². The Morgan fingerprint density at radius 3 is 2.70 bits per heavy atom. The number of carbonyl (C=O) groups excluding carboxylic acids is 1. The molecule has 166 valence electrons. The maximum Gasteiger partial charge on any atom is 0.263 e. The van der Waals surface area contributed by atoms with E-state index in [1.54, 1.807) is 24.5 Å². The van der Waals surface area contributed by atoms with Crippen molar-refractivity contribution in [2.75, 3.05) is 33.3 Å². The van der Waals surface area contributed by atoms with E-state index in [1.807, 2.05) is 14.0 Å². The molecule has 10 heteroatoms. The van der Waals surface area contributed by atoms with Gasteiger partial charge < -0.3 is 10.1 Å².